The van der Waals surface area contributed by atoms with E-state index < -0.39 is 5.92 Å². The minimum absolute atomic E-state index is 0.0312. The van der Waals surface area contributed by atoms with Gasteiger partial charge in [0.1, 0.15) is 0 Å². The quantitative estimate of drug-likeness (QED) is 0.261. The summed E-state index contributed by atoms with van der Waals surface area (Å²) in [4.78, 5) is 53.7. The van der Waals surface area contributed by atoms with E-state index in [1.165, 1.54) is 19.3 Å². The predicted octanol–water partition coefficient (Wildman–Crippen LogP) is 4.34. The summed E-state index contributed by atoms with van der Waals surface area (Å²) in [5.41, 5.74) is 0.968. The first-order valence-corrected chi connectivity index (χ1v) is 17.9. The lowest BCUT2D eigenvalue weighted by Crippen LogP contribution is -2.47. The molecule has 2 fully saturated rings. The fourth-order valence-electron chi connectivity index (χ4n) is 6.03. The van der Waals surface area contributed by atoms with Gasteiger partial charge in [-0.3, -0.25) is 19.2 Å². The lowest BCUT2D eigenvalue weighted by molar-refractivity contribution is -0.148. The first-order valence-electron chi connectivity index (χ1n) is 16.3. The van der Waals surface area contributed by atoms with Gasteiger partial charge in [0, 0.05) is 31.6 Å². The smallest absolute Gasteiger partial charge is 0.308 e. The van der Waals surface area contributed by atoms with E-state index in [1.807, 2.05) is 68.6 Å². The Morgan fingerprint density at radius 2 is 1.59 bits per heavy atom. The van der Waals surface area contributed by atoms with Crippen LogP contribution in [0.5, 0.6) is 0 Å². The van der Waals surface area contributed by atoms with Gasteiger partial charge in [-0.15, -0.1) is 0 Å². The Labute approximate surface area is 269 Å². The highest BCUT2D eigenvalue weighted by Gasteiger charge is 2.29. The van der Waals surface area contributed by atoms with Gasteiger partial charge in [-0.2, -0.15) is 11.8 Å². The summed E-state index contributed by atoms with van der Waals surface area (Å²) in [6.07, 6.45) is 12.8. The fraction of sp³-hybridized carbons (Fsp3) is 0.706. The number of ether oxygens (including phenoxy) is 1. The van der Waals surface area contributed by atoms with Gasteiger partial charge >= 0.3 is 5.97 Å². The van der Waals surface area contributed by atoms with E-state index >= 15 is 0 Å². The van der Waals surface area contributed by atoms with Gasteiger partial charge in [-0.25, -0.2) is 0 Å². The number of nitrogens with zero attached hydrogens (tertiary/aromatic N) is 1. The van der Waals surface area contributed by atoms with Gasteiger partial charge in [0.05, 0.1) is 25.0 Å². The first-order chi connectivity index (χ1) is 21.1. The zero-order valence-electron chi connectivity index (χ0n) is 27.6. The Kier molecular flexibility index (Phi) is 18.1. The van der Waals surface area contributed by atoms with E-state index in [4.69, 9.17) is 4.74 Å². The number of carbonyl (C=O) groups excluding carboxylic acids is 4. The average molecular weight is 633 g/mol. The Morgan fingerprint density at radius 1 is 0.955 bits per heavy atom. The Bertz CT molecular complexity index is 995. The standard InChI is InChI=1S/C32H50N4O5.C2H6S/c1-23(2)41-31(39)21-28(19-25-12-8-5-9-13-25)35-29(37)22-34-32(40)26(18-24-10-6-4-7-11-24)20-30(38)36-16-14-27(33-3)15-17-36;1-3-2/h4,6-7,10-11,23,25-28,33H,5,8-9,12-22H2,1-3H3,(H,34,40)(H,35,37);1-2H3. The van der Waals surface area contributed by atoms with Gasteiger partial charge in [0.25, 0.3) is 0 Å². The fourth-order valence-corrected chi connectivity index (χ4v) is 6.03. The number of esters is 1. The lowest BCUT2D eigenvalue weighted by atomic mass is 9.84. The lowest BCUT2D eigenvalue weighted by Gasteiger charge is -2.32. The van der Waals surface area contributed by atoms with E-state index in [0.717, 1.165) is 37.7 Å². The molecule has 1 heterocycles. The zero-order valence-corrected chi connectivity index (χ0v) is 28.4. The zero-order chi connectivity index (χ0) is 32.3. The van der Waals surface area contributed by atoms with Gasteiger partial charge in [0.15, 0.2) is 0 Å². The summed E-state index contributed by atoms with van der Waals surface area (Å²) in [6.45, 7) is 4.76. The second-order valence-corrected chi connectivity index (χ2v) is 13.2. The van der Waals surface area contributed by atoms with Crippen LogP contribution in [-0.2, 0) is 30.3 Å². The van der Waals surface area contributed by atoms with E-state index in [9.17, 15) is 19.2 Å². The topological polar surface area (TPSA) is 117 Å². The van der Waals surface area contributed by atoms with E-state index in [1.54, 1.807) is 11.8 Å². The SMILES string of the molecule is CNC1CCN(C(=O)CC(Cc2ccccc2)C(=O)NCC(=O)NC(CC(=O)OC(C)C)CC2CCCCC2)CC1.CSC. The van der Waals surface area contributed by atoms with E-state index in [-0.39, 0.29) is 55.2 Å². The number of piperidine rings is 1. The van der Waals surface area contributed by atoms with Crippen LogP contribution in [0.25, 0.3) is 0 Å². The number of likely N-dealkylation sites (tertiary alicyclic amines) is 1. The van der Waals surface area contributed by atoms with Crippen molar-refractivity contribution in [3.05, 3.63) is 35.9 Å². The van der Waals surface area contributed by atoms with Crippen LogP contribution in [-0.4, -0.2) is 86.0 Å². The van der Waals surface area contributed by atoms with Crippen molar-refractivity contribution in [1.29, 1.82) is 0 Å². The number of rotatable bonds is 14. The monoisotopic (exact) mass is 632 g/mol. The highest BCUT2D eigenvalue weighted by molar-refractivity contribution is 7.97. The summed E-state index contributed by atoms with van der Waals surface area (Å²) in [5.74, 6) is -1.13. The molecule has 1 aliphatic heterocycles. The molecule has 0 aromatic heterocycles. The summed E-state index contributed by atoms with van der Waals surface area (Å²) >= 11 is 1.75. The molecule has 44 heavy (non-hydrogen) atoms. The van der Waals surface area contributed by atoms with Crippen molar-refractivity contribution in [2.45, 2.75) is 103 Å². The van der Waals surface area contributed by atoms with Gasteiger partial charge < -0.3 is 25.6 Å². The maximum atomic E-state index is 13.3. The maximum Gasteiger partial charge on any atom is 0.308 e. The number of thioether (sulfide) groups is 1. The van der Waals surface area contributed by atoms with Gasteiger partial charge in [-0.1, -0.05) is 62.4 Å². The second-order valence-electron chi connectivity index (χ2n) is 12.4. The van der Waals surface area contributed by atoms with Crippen LogP contribution >= 0.6 is 11.8 Å². The molecule has 2 aliphatic rings. The van der Waals surface area contributed by atoms with Crippen molar-refractivity contribution in [1.82, 2.24) is 20.9 Å². The molecule has 1 saturated carbocycles. The molecule has 248 valence electrons. The largest absolute Gasteiger partial charge is 0.463 e. The van der Waals surface area contributed by atoms with Crippen molar-refractivity contribution >= 4 is 35.5 Å². The Balaban J connectivity index is 0.00000216. The van der Waals surface area contributed by atoms with E-state index in [2.05, 4.69) is 16.0 Å². The van der Waals surface area contributed by atoms with Crippen LogP contribution in [0, 0.1) is 11.8 Å². The van der Waals surface area contributed by atoms with Crippen molar-refractivity contribution in [3.63, 3.8) is 0 Å². The summed E-state index contributed by atoms with van der Waals surface area (Å²) in [5, 5.41) is 9.02. The van der Waals surface area contributed by atoms with Crippen LogP contribution < -0.4 is 16.0 Å². The number of carbonyl (C=O) groups is 4. The van der Waals surface area contributed by atoms with Crippen LogP contribution in [0.2, 0.25) is 0 Å². The molecule has 9 nitrogen and oxygen atoms in total. The number of amides is 3. The molecular formula is C34H56N4O5S. The Morgan fingerprint density at radius 3 is 2.18 bits per heavy atom. The van der Waals surface area contributed by atoms with Crippen LogP contribution in [0.1, 0.15) is 83.6 Å². The molecule has 2 unspecified atom stereocenters. The molecule has 2 atom stereocenters. The predicted molar refractivity (Wildman–Crippen MR) is 178 cm³/mol. The van der Waals surface area contributed by atoms with Crippen molar-refractivity contribution < 1.29 is 23.9 Å². The van der Waals surface area contributed by atoms with E-state index in [0.29, 0.717) is 31.5 Å². The van der Waals surface area contributed by atoms with Crippen LogP contribution in [0.4, 0.5) is 0 Å². The average Bonchev–Trinajstić information content (AvgIpc) is 3.00. The molecule has 1 saturated heterocycles. The molecule has 1 aliphatic carbocycles. The molecule has 1 aromatic carbocycles. The third-order valence-corrected chi connectivity index (χ3v) is 8.28. The van der Waals surface area contributed by atoms with Crippen LogP contribution in [0.3, 0.4) is 0 Å². The molecule has 1 aromatic rings. The molecule has 0 spiro atoms. The highest BCUT2D eigenvalue weighted by Crippen LogP contribution is 2.28. The second kappa shape index (κ2) is 21.2. The van der Waals surface area contributed by atoms with Crippen molar-refractivity contribution in [2.75, 3.05) is 39.2 Å². The number of hydrogen-bond donors (Lipinski definition) is 3. The van der Waals surface area contributed by atoms with Crippen molar-refractivity contribution in [2.24, 2.45) is 11.8 Å². The number of hydrogen-bond acceptors (Lipinski definition) is 7. The number of benzene rings is 1. The normalized spacial score (nSPS) is 17.2. The molecular weight excluding hydrogens is 576 g/mol. The first kappa shape index (κ1) is 37.6. The van der Waals surface area contributed by atoms with Crippen molar-refractivity contribution in [3.8, 4) is 0 Å². The number of nitrogens with one attached hydrogen (secondary N) is 3. The molecule has 3 rings (SSSR count). The van der Waals surface area contributed by atoms with Gasteiger partial charge in [0.2, 0.25) is 17.7 Å². The molecule has 10 heteroatoms. The minimum atomic E-state index is -0.584. The molecule has 0 bridgehead atoms. The minimum Gasteiger partial charge on any atom is -0.463 e. The molecule has 0 radical (unpaired) electrons. The third-order valence-electron chi connectivity index (χ3n) is 8.28. The van der Waals surface area contributed by atoms with Gasteiger partial charge in [-0.05, 0) is 70.6 Å². The Hall–Kier alpha value is -2.59. The molecule has 3 N–H and O–H groups in total. The van der Waals surface area contributed by atoms with Crippen LogP contribution in [0.15, 0.2) is 30.3 Å². The summed E-state index contributed by atoms with van der Waals surface area (Å²) in [7, 11) is 1.94. The highest BCUT2D eigenvalue weighted by atomic mass is 32.2. The third kappa shape index (κ3) is 14.9. The summed E-state index contributed by atoms with van der Waals surface area (Å²) in [6, 6.07) is 9.72. The summed E-state index contributed by atoms with van der Waals surface area (Å²) < 4.78 is 5.34. The molecule has 3 amide bonds. The maximum absolute atomic E-state index is 13.3.